The molecular weight excluding hydrogens is 305 g/mol. The number of ether oxygens (including phenoxy) is 1. The molecule has 0 aliphatic carbocycles. The first-order chi connectivity index (χ1) is 10.3. The largest absolute Gasteiger partial charge is 0.370 e. The number of carbonyl (C=O) groups is 1. The summed E-state index contributed by atoms with van der Waals surface area (Å²) in [7, 11) is 0. The summed E-state index contributed by atoms with van der Waals surface area (Å²) in [6, 6.07) is 3.33. The van der Waals surface area contributed by atoms with Crippen molar-refractivity contribution in [1.29, 1.82) is 0 Å². The van der Waals surface area contributed by atoms with Crippen LogP contribution in [0.4, 0.5) is 4.39 Å². The molecule has 0 bridgehead atoms. The molecule has 1 aromatic carbocycles. The molecule has 2 rings (SSSR count). The SMILES string of the molecule is CC(=O)N[C@H]1C[C@@H](c2c(Cl)ccc(C)c2F)O[C@@H](C(C)C)C1. The lowest BCUT2D eigenvalue weighted by Crippen LogP contribution is -2.44. The Kier molecular flexibility index (Phi) is 5.45. The van der Waals surface area contributed by atoms with Crippen molar-refractivity contribution in [2.45, 2.75) is 58.8 Å². The van der Waals surface area contributed by atoms with Crippen LogP contribution in [0.1, 0.15) is 50.8 Å². The van der Waals surface area contributed by atoms with Gasteiger partial charge in [-0.15, -0.1) is 0 Å². The van der Waals surface area contributed by atoms with E-state index in [1.807, 2.05) is 0 Å². The van der Waals surface area contributed by atoms with E-state index >= 15 is 0 Å². The molecule has 0 unspecified atom stereocenters. The van der Waals surface area contributed by atoms with E-state index in [1.165, 1.54) is 6.92 Å². The predicted octanol–water partition coefficient (Wildman–Crippen LogP) is 4.17. The Balaban J connectivity index is 2.32. The van der Waals surface area contributed by atoms with Crippen LogP contribution in [0.3, 0.4) is 0 Å². The molecular formula is C17H23ClFNO2. The fraction of sp³-hybridized carbons (Fsp3) is 0.588. The van der Waals surface area contributed by atoms with Gasteiger partial charge in [-0.1, -0.05) is 31.5 Å². The number of benzene rings is 1. The van der Waals surface area contributed by atoms with Crippen LogP contribution in [0.5, 0.6) is 0 Å². The average molecular weight is 328 g/mol. The summed E-state index contributed by atoms with van der Waals surface area (Å²) in [5.74, 6) is -0.113. The molecule has 1 aromatic rings. The normalized spacial score (nSPS) is 25.3. The van der Waals surface area contributed by atoms with E-state index in [0.29, 0.717) is 22.6 Å². The van der Waals surface area contributed by atoms with E-state index in [4.69, 9.17) is 16.3 Å². The minimum Gasteiger partial charge on any atom is -0.370 e. The number of hydrogen-bond acceptors (Lipinski definition) is 2. The van der Waals surface area contributed by atoms with Crippen molar-refractivity contribution in [2.24, 2.45) is 5.92 Å². The van der Waals surface area contributed by atoms with Gasteiger partial charge in [-0.2, -0.15) is 0 Å². The smallest absolute Gasteiger partial charge is 0.217 e. The number of aryl methyl sites for hydroxylation is 1. The van der Waals surface area contributed by atoms with E-state index in [-0.39, 0.29) is 29.8 Å². The van der Waals surface area contributed by atoms with Crippen molar-refractivity contribution in [3.63, 3.8) is 0 Å². The molecule has 1 heterocycles. The topological polar surface area (TPSA) is 38.3 Å². The molecule has 1 fully saturated rings. The van der Waals surface area contributed by atoms with E-state index < -0.39 is 6.10 Å². The fourth-order valence-electron chi connectivity index (χ4n) is 2.95. The van der Waals surface area contributed by atoms with Gasteiger partial charge in [0, 0.05) is 23.6 Å². The Bertz CT molecular complexity index is 562. The van der Waals surface area contributed by atoms with Gasteiger partial charge < -0.3 is 10.1 Å². The average Bonchev–Trinajstić information content (AvgIpc) is 2.42. The van der Waals surface area contributed by atoms with Crippen LogP contribution in [0.25, 0.3) is 0 Å². The zero-order chi connectivity index (χ0) is 16.4. The molecule has 1 aliphatic heterocycles. The zero-order valence-corrected chi connectivity index (χ0v) is 14.2. The molecule has 0 spiro atoms. The summed E-state index contributed by atoms with van der Waals surface area (Å²) >= 11 is 6.21. The third kappa shape index (κ3) is 3.79. The van der Waals surface area contributed by atoms with Gasteiger partial charge in [-0.05, 0) is 37.3 Å². The Morgan fingerprint density at radius 3 is 2.68 bits per heavy atom. The van der Waals surface area contributed by atoms with Gasteiger partial charge >= 0.3 is 0 Å². The molecule has 0 radical (unpaired) electrons. The summed E-state index contributed by atoms with van der Waals surface area (Å²) in [6.45, 7) is 7.33. The Morgan fingerprint density at radius 2 is 2.09 bits per heavy atom. The number of rotatable bonds is 3. The number of amides is 1. The molecule has 122 valence electrons. The highest BCUT2D eigenvalue weighted by atomic mass is 35.5. The summed E-state index contributed by atoms with van der Waals surface area (Å²) < 4.78 is 20.6. The third-order valence-corrected chi connectivity index (χ3v) is 4.48. The van der Waals surface area contributed by atoms with Crippen LogP contribution in [-0.2, 0) is 9.53 Å². The second-order valence-electron chi connectivity index (χ2n) is 6.37. The Morgan fingerprint density at radius 1 is 1.41 bits per heavy atom. The standard InChI is InChI=1S/C17H23ClFNO2/c1-9(2)14-7-12(20-11(4)21)8-15(22-14)16-13(18)6-5-10(3)17(16)19/h5-6,9,12,14-15H,7-8H2,1-4H3,(H,20,21)/t12-,14-,15+/m1/s1. The first-order valence-corrected chi connectivity index (χ1v) is 8.04. The maximum atomic E-state index is 14.5. The maximum Gasteiger partial charge on any atom is 0.217 e. The highest BCUT2D eigenvalue weighted by molar-refractivity contribution is 6.31. The second-order valence-corrected chi connectivity index (χ2v) is 6.78. The van der Waals surface area contributed by atoms with Crippen LogP contribution in [-0.4, -0.2) is 18.1 Å². The second kappa shape index (κ2) is 6.97. The maximum absolute atomic E-state index is 14.5. The van der Waals surface area contributed by atoms with Crippen molar-refractivity contribution >= 4 is 17.5 Å². The van der Waals surface area contributed by atoms with E-state index in [9.17, 15) is 9.18 Å². The van der Waals surface area contributed by atoms with Gasteiger partial charge in [-0.25, -0.2) is 4.39 Å². The quantitative estimate of drug-likeness (QED) is 0.905. The van der Waals surface area contributed by atoms with Crippen LogP contribution in [0.2, 0.25) is 5.02 Å². The van der Waals surface area contributed by atoms with Crippen molar-refractivity contribution in [1.82, 2.24) is 5.32 Å². The number of carbonyl (C=O) groups excluding carboxylic acids is 1. The number of hydrogen-bond donors (Lipinski definition) is 1. The van der Waals surface area contributed by atoms with Gasteiger partial charge in [0.25, 0.3) is 0 Å². The third-order valence-electron chi connectivity index (χ3n) is 4.15. The summed E-state index contributed by atoms with van der Waals surface area (Å²) in [5.41, 5.74) is 0.952. The van der Waals surface area contributed by atoms with E-state index in [0.717, 1.165) is 6.42 Å². The predicted molar refractivity (Wildman–Crippen MR) is 85.4 cm³/mol. The minimum absolute atomic E-state index is 0.0281. The highest BCUT2D eigenvalue weighted by Crippen LogP contribution is 2.39. The summed E-state index contributed by atoms with van der Waals surface area (Å²) in [4.78, 5) is 11.4. The van der Waals surface area contributed by atoms with Crippen LogP contribution in [0.15, 0.2) is 12.1 Å². The molecule has 1 aliphatic rings. The van der Waals surface area contributed by atoms with E-state index in [1.54, 1.807) is 19.1 Å². The summed E-state index contributed by atoms with van der Waals surface area (Å²) in [5, 5.41) is 3.31. The molecule has 3 nitrogen and oxygen atoms in total. The van der Waals surface area contributed by atoms with Gasteiger partial charge in [0.2, 0.25) is 5.91 Å². The van der Waals surface area contributed by atoms with Crippen LogP contribution < -0.4 is 5.32 Å². The molecule has 1 amide bonds. The molecule has 5 heteroatoms. The van der Waals surface area contributed by atoms with Crippen molar-refractivity contribution in [3.05, 3.63) is 34.1 Å². The van der Waals surface area contributed by atoms with Gasteiger partial charge in [-0.3, -0.25) is 4.79 Å². The molecule has 0 aromatic heterocycles. The van der Waals surface area contributed by atoms with Crippen LogP contribution >= 0.6 is 11.6 Å². The lowest BCUT2D eigenvalue weighted by Gasteiger charge is -2.38. The first kappa shape index (κ1) is 17.2. The number of halogens is 2. The molecule has 3 atom stereocenters. The lowest BCUT2D eigenvalue weighted by atomic mass is 9.89. The molecule has 1 saturated heterocycles. The van der Waals surface area contributed by atoms with Gasteiger partial charge in [0.1, 0.15) is 5.82 Å². The van der Waals surface area contributed by atoms with E-state index in [2.05, 4.69) is 19.2 Å². The van der Waals surface area contributed by atoms with Crippen molar-refractivity contribution in [2.75, 3.05) is 0 Å². The van der Waals surface area contributed by atoms with Crippen molar-refractivity contribution < 1.29 is 13.9 Å². The Labute approximate surface area is 136 Å². The van der Waals surface area contributed by atoms with Crippen LogP contribution in [0, 0.1) is 18.7 Å². The molecule has 22 heavy (non-hydrogen) atoms. The Hall–Kier alpha value is -1.13. The molecule has 1 N–H and O–H groups in total. The lowest BCUT2D eigenvalue weighted by molar-refractivity contribution is -0.123. The molecule has 0 saturated carbocycles. The minimum atomic E-state index is -0.439. The zero-order valence-electron chi connectivity index (χ0n) is 13.5. The van der Waals surface area contributed by atoms with Crippen molar-refractivity contribution in [3.8, 4) is 0 Å². The summed E-state index contributed by atoms with van der Waals surface area (Å²) in [6.07, 6.45) is 0.791. The van der Waals surface area contributed by atoms with Gasteiger partial charge in [0.05, 0.1) is 12.2 Å². The monoisotopic (exact) mass is 327 g/mol. The number of nitrogens with one attached hydrogen (secondary N) is 1. The highest BCUT2D eigenvalue weighted by Gasteiger charge is 2.34. The fourth-order valence-corrected chi connectivity index (χ4v) is 3.22. The van der Waals surface area contributed by atoms with Gasteiger partial charge in [0.15, 0.2) is 0 Å². The first-order valence-electron chi connectivity index (χ1n) is 7.66.